The van der Waals surface area contributed by atoms with E-state index >= 15 is 0 Å². The van der Waals surface area contributed by atoms with Crippen LogP contribution in [0.3, 0.4) is 0 Å². The summed E-state index contributed by atoms with van der Waals surface area (Å²) in [6.07, 6.45) is 1.35. The van der Waals surface area contributed by atoms with Gasteiger partial charge < -0.3 is 4.90 Å². The molecule has 0 fully saturated rings. The lowest BCUT2D eigenvalue weighted by atomic mass is 10.1. The van der Waals surface area contributed by atoms with Gasteiger partial charge in [-0.25, -0.2) is 13.6 Å². The number of hydrogen-bond donors (Lipinski definition) is 0. The number of nitrogens with zero attached hydrogens (tertiary/aromatic N) is 3. The van der Waals surface area contributed by atoms with E-state index in [4.69, 9.17) is 0 Å². The summed E-state index contributed by atoms with van der Waals surface area (Å²) in [5.74, 6) is -2.10. The highest BCUT2D eigenvalue weighted by atomic mass is 32.1. The first-order valence-electron chi connectivity index (χ1n) is 6.30. The molecule has 0 amide bonds. The number of aliphatic imine (C=N–C) groups is 1. The van der Waals surface area contributed by atoms with E-state index in [1.54, 1.807) is 21.7 Å². The molecule has 0 atom stereocenters. The zero-order valence-corrected chi connectivity index (χ0v) is 12.0. The van der Waals surface area contributed by atoms with Crippen LogP contribution < -0.4 is 10.3 Å². The molecule has 0 N–H and O–H groups in total. The molecule has 0 aliphatic carbocycles. The Morgan fingerprint density at radius 2 is 2.18 bits per heavy atom. The fraction of sp³-hybridized carbons (Fsp3) is 0.143. The van der Waals surface area contributed by atoms with Crippen LogP contribution in [-0.2, 0) is 11.3 Å². The second-order valence-electron chi connectivity index (χ2n) is 5.02. The van der Waals surface area contributed by atoms with Gasteiger partial charge in [0.25, 0.3) is 0 Å². The van der Waals surface area contributed by atoms with Gasteiger partial charge >= 0.3 is 0 Å². The maximum absolute atomic E-state index is 14.2. The minimum Gasteiger partial charge on any atom is -0.365 e. The van der Waals surface area contributed by atoms with Crippen molar-refractivity contribution in [2.45, 2.75) is 6.54 Å². The number of carbonyl (C=O) groups excluding carboxylic acids is 1. The van der Waals surface area contributed by atoms with Crippen LogP contribution in [-0.4, -0.2) is 17.5 Å². The molecule has 0 saturated heterocycles. The van der Waals surface area contributed by atoms with Gasteiger partial charge in [0.1, 0.15) is 10.5 Å². The van der Waals surface area contributed by atoms with Crippen LogP contribution >= 0.6 is 11.3 Å². The largest absolute Gasteiger partial charge is 0.365 e. The Labute approximate surface area is 125 Å². The van der Waals surface area contributed by atoms with E-state index in [2.05, 4.69) is 4.99 Å². The number of thiazole rings is 1. The first kappa shape index (κ1) is 13.1. The summed E-state index contributed by atoms with van der Waals surface area (Å²) < 4.78 is 29.7. The molecule has 0 unspecified atom stereocenters. The van der Waals surface area contributed by atoms with E-state index in [0.29, 0.717) is 16.9 Å². The highest BCUT2D eigenvalue weighted by Crippen LogP contribution is 2.39. The van der Waals surface area contributed by atoms with Gasteiger partial charge in [-0.2, -0.15) is 4.99 Å². The molecule has 1 aliphatic heterocycles. The lowest BCUT2D eigenvalue weighted by Gasteiger charge is -2.27. The van der Waals surface area contributed by atoms with Gasteiger partial charge in [-0.05, 0) is 6.07 Å². The summed E-state index contributed by atoms with van der Waals surface area (Å²) in [5.41, 5.74) is 0.444. The Morgan fingerprint density at radius 3 is 2.91 bits per heavy atom. The number of halogens is 2. The average Bonchev–Trinajstić information content (AvgIpc) is 2.89. The second-order valence-corrected chi connectivity index (χ2v) is 5.88. The van der Waals surface area contributed by atoms with Crippen LogP contribution in [0.15, 0.2) is 21.2 Å². The Hall–Kier alpha value is -2.57. The molecule has 22 heavy (non-hydrogen) atoms. The zero-order valence-electron chi connectivity index (χ0n) is 11.2. The summed E-state index contributed by atoms with van der Waals surface area (Å²) >= 11 is 1.23. The molecular weight excluding hydrogens is 312 g/mol. The first-order valence-corrected chi connectivity index (χ1v) is 7.18. The molecule has 3 heterocycles. The molecule has 1 aliphatic rings. The molecule has 2 aromatic heterocycles. The molecule has 8 heteroatoms. The first-order chi connectivity index (χ1) is 10.5. The molecule has 0 saturated carbocycles. The molecule has 4 rings (SSSR count). The van der Waals surface area contributed by atoms with Gasteiger partial charge in [0, 0.05) is 12.4 Å². The number of rotatable bonds is 1. The van der Waals surface area contributed by atoms with Crippen molar-refractivity contribution in [1.82, 2.24) is 4.40 Å². The predicted octanol–water partition coefficient (Wildman–Crippen LogP) is 2.71. The van der Waals surface area contributed by atoms with E-state index in [9.17, 15) is 18.4 Å². The van der Waals surface area contributed by atoms with Gasteiger partial charge in [0.05, 0.1) is 23.1 Å². The van der Waals surface area contributed by atoms with E-state index in [0.717, 1.165) is 11.8 Å². The molecular formula is C14H7F2N3O2S. The monoisotopic (exact) mass is 319 g/mol. The van der Waals surface area contributed by atoms with Gasteiger partial charge in [-0.3, -0.25) is 9.20 Å². The molecule has 1 aromatic carbocycles. The van der Waals surface area contributed by atoms with Crippen molar-refractivity contribution in [3.05, 3.63) is 39.0 Å². The maximum Gasteiger partial charge on any atom is 0.240 e. The summed E-state index contributed by atoms with van der Waals surface area (Å²) in [5, 5.41) is 1.80. The molecule has 110 valence electrons. The van der Waals surface area contributed by atoms with Crippen molar-refractivity contribution < 1.29 is 13.6 Å². The fourth-order valence-electron chi connectivity index (χ4n) is 2.92. The van der Waals surface area contributed by atoms with E-state index in [-0.39, 0.29) is 16.8 Å². The summed E-state index contributed by atoms with van der Waals surface area (Å²) in [7, 11) is 1.63. The van der Waals surface area contributed by atoms with Crippen LogP contribution in [0.2, 0.25) is 0 Å². The van der Waals surface area contributed by atoms with Gasteiger partial charge in [-0.15, -0.1) is 11.3 Å². The van der Waals surface area contributed by atoms with Gasteiger partial charge in [-0.1, -0.05) is 0 Å². The number of anilines is 1. The van der Waals surface area contributed by atoms with Crippen molar-refractivity contribution in [3.63, 3.8) is 0 Å². The lowest BCUT2D eigenvalue weighted by Crippen LogP contribution is -2.25. The third-order valence-electron chi connectivity index (χ3n) is 3.79. The number of benzene rings is 1. The van der Waals surface area contributed by atoms with Crippen LogP contribution in [0.1, 0.15) is 5.69 Å². The highest BCUT2D eigenvalue weighted by Gasteiger charge is 2.28. The average molecular weight is 319 g/mol. The number of pyridine rings is 1. The molecule has 0 radical (unpaired) electrons. The summed E-state index contributed by atoms with van der Waals surface area (Å²) in [4.78, 5) is 28.5. The standard InChI is InChI=1S/C14H7F2N3O2S/c1-18-3-6-4-22-14-10(17-5-20)13(21)7-2-8(15)9(16)12(18)11(7)19(6)14/h2,4H,3H2,1H3. The van der Waals surface area contributed by atoms with Crippen molar-refractivity contribution in [3.8, 4) is 0 Å². The van der Waals surface area contributed by atoms with Crippen LogP contribution in [0.25, 0.3) is 15.7 Å². The van der Waals surface area contributed by atoms with Crippen LogP contribution in [0.5, 0.6) is 0 Å². The van der Waals surface area contributed by atoms with Crippen molar-refractivity contribution in [1.29, 1.82) is 0 Å². The Bertz CT molecular complexity index is 1080. The Balaban J connectivity index is 2.42. The van der Waals surface area contributed by atoms with E-state index < -0.39 is 17.1 Å². The van der Waals surface area contributed by atoms with E-state index in [1.165, 1.54) is 17.4 Å². The van der Waals surface area contributed by atoms with Crippen LogP contribution in [0.4, 0.5) is 20.2 Å². The molecule has 5 nitrogen and oxygen atoms in total. The molecule has 3 aromatic rings. The van der Waals surface area contributed by atoms with Crippen molar-refractivity contribution in [2.75, 3.05) is 11.9 Å². The summed E-state index contributed by atoms with van der Waals surface area (Å²) in [6, 6.07) is 0.855. The minimum absolute atomic E-state index is 0.00778. The number of aromatic nitrogens is 1. The van der Waals surface area contributed by atoms with Crippen molar-refractivity contribution >= 4 is 44.5 Å². The zero-order chi connectivity index (χ0) is 15.6. The third-order valence-corrected chi connectivity index (χ3v) is 4.78. The second kappa shape index (κ2) is 4.22. The van der Waals surface area contributed by atoms with E-state index in [1.807, 2.05) is 0 Å². The fourth-order valence-corrected chi connectivity index (χ4v) is 3.91. The van der Waals surface area contributed by atoms with Gasteiger partial charge in [0.15, 0.2) is 17.3 Å². The molecule has 0 bridgehead atoms. The highest BCUT2D eigenvalue weighted by molar-refractivity contribution is 7.16. The number of isocyanates is 1. The maximum atomic E-state index is 14.2. The quantitative estimate of drug-likeness (QED) is 0.512. The Kier molecular flexibility index (Phi) is 2.52. The summed E-state index contributed by atoms with van der Waals surface area (Å²) in [6.45, 7) is 0.357. The smallest absolute Gasteiger partial charge is 0.240 e. The lowest BCUT2D eigenvalue weighted by molar-refractivity contribution is 0.508. The topological polar surface area (TPSA) is 54.2 Å². The minimum atomic E-state index is -1.11. The van der Waals surface area contributed by atoms with Crippen LogP contribution in [0, 0.1) is 11.6 Å². The number of hydrogen-bond acceptors (Lipinski definition) is 5. The predicted molar refractivity (Wildman–Crippen MR) is 78.9 cm³/mol. The third kappa shape index (κ3) is 1.43. The molecule has 0 spiro atoms. The Morgan fingerprint density at radius 1 is 1.41 bits per heavy atom. The SMILES string of the molecule is CN1Cc2csc3c(N=C=O)c(=O)c4cc(F)c(F)c1c4n23. The normalized spacial score (nSPS) is 13.1. The van der Waals surface area contributed by atoms with Crippen molar-refractivity contribution in [2.24, 2.45) is 4.99 Å². The van der Waals surface area contributed by atoms with Gasteiger partial charge in [0.2, 0.25) is 11.5 Å².